The van der Waals surface area contributed by atoms with Crippen molar-refractivity contribution in [2.24, 2.45) is 0 Å². The molecule has 2 atom stereocenters. The van der Waals surface area contributed by atoms with Crippen LogP contribution in [0.4, 0.5) is 8.78 Å². The molecule has 2 fully saturated rings. The number of hydrogen-bond donors (Lipinski definition) is 1. The highest BCUT2D eigenvalue weighted by Gasteiger charge is 2.48. The number of nitrogens with zero attached hydrogens (tertiary/aromatic N) is 2. The number of piperazine rings is 1. The average Bonchev–Trinajstić information content (AvgIpc) is 2.33. The maximum absolute atomic E-state index is 13.5. The topological polar surface area (TPSA) is 26.7 Å². The molecule has 1 aliphatic carbocycles. The molecule has 0 aromatic carbocycles. The Kier molecular flexibility index (Phi) is 4.24. The van der Waals surface area contributed by atoms with E-state index in [0.717, 1.165) is 26.2 Å². The number of hydrogen-bond acceptors (Lipinski definition) is 3. The third-order valence-corrected chi connectivity index (χ3v) is 4.36. The molecule has 1 heterocycles. The summed E-state index contributed by atoms with van der Waals surface area (Å²) in [6, 6.07) is 0.146. The highest BCUT2D eigenvalue weighted by atomic mass is 19.3. The Bertz CT molecular complexity index is 278. The predicted molar refractivity (Wildman–Crippen MR) is 66.9 cm³/mol. The largest absolute Gasteiger partial charge is 0.385 e. The SMILES string of the molecule is CC(C)N1CCN([C@H]2CCCC(F)(F)[C@@H]2O)CC1. The molecule has 0 spiro atoms. The van der Waals surface area contributed by atoms with Gasteiger partial charge in [-0.25, -0.2) is 8.78 Å². The molecule has 3 nitrogen and oxygen atoms in total. The van der Waals surface area contributed by atoms with Gasteiger partial charge in [-0.3, -0.25) is 9.80 Å². The lowest BCUT2D eigenvalue weighted by molar-refractivity contribution is -0.165. The van der Waals surface area contributed by atoms with E-state index in [-0.39, 0.29) is 12.5 Å². The Balaban J connectivity index is 1.93. The van der Waals surface area contributed by atoms with Gasteiger partial charge in [0.25, 0.3) is 5.92 Å². The second-order valence-corrected chi connectivity index (χ2v) is 5.83. The second-order valence-electron chi connectivity index (χ2n) is 5.83. The van der Waals surface area contributed by atoms with Gasteiger partial charge in [-0.1, -0.05) is 0 Å². The van der Waals surface area contributed by atoms with Crippen molar-refractivity contribution < 1.29 is 13.9 Å². The fourth-order valence-electron chi connectivity index (χ4n) is 3.10. The number of alkyl halides is 2. The Hall–Kier alpha value is -0.260. The Morgan fingerprint density at radius 1 is 1.17 bits per heavy atom. The first-order chi connectivity index (χ1) is 8.42. The summed E-state index contributed by atoms with van der Waals surface area (Å²) in [5.41, 5.74) is 0. The number of aliphatic hydroxyl groups is 1. The van der Waals surface area contributed by atoms with Crippen LogP contribution in [0.1, 0.15) is 33.1 Å². The molecule has 2 aliphatic rings. The monoisotopic (exact) mass is 262 g/mol. The lowest BCUT2D eigenvalue weighted by Crippen LogP contribution is -2.59. The zero-order valence-electron chi connectivity index (χ0n) is 11.3. The van der Waals surface area contributed by atoms with Crippen molar-refractivity contribution in [3.8, 4) is 0 Å². The summed E-state index contributed by atoms with van der Waals surface area (Å²) in [7, 11) is 0. The Morgan fingerprint density at radius 2 is 1.78 bits per heavy atom. The summed E-state index contributed by atoms with van der Waals surface area (Å²) in [6.45, 7) is 7.70. The second kappa shape index (κ2) is 5.39. The van der Waals surface area contributed by atoms with E-state index in [0.29, 0.717) is 18.9 Å². The minimum atomic E-state index is -2.90. The highest BCUT2D eigenvalue weighted by Crippen LogP contribution is 2.36. The van der Waals surface area contributed by atoms with E-state index < -0.39 is 12.0 Å². The molecule has 2 rings (SSSR count). The van der Waals surface area contributed by atoms with E-state index in [2.05, 4.69) is 23.6 Å². The molecule has 0 bridgehead atoms. The van der Waals surface area contributed by atoms with Crippen molar-refractivity contribution in [3.63, 3.8) is 0 Å². The number of rotatable bonds is 2. The molecule has 1 saturated heterocycles. The first kappa shape index (κ1) is 14.2. The molecule has 1 aliphatic heterocycles. The minimum Gasteiger partial charge on any atom is -0.385 e. The quantitative estimate of drug-likeness (QED) is 0.818. The standard InChI is InChI=1S/C13H24F2N2O/c1-10(2)16-6-8-17(9-7-16)11-4-3-5-13(14,15)12(11)18/h10-12,18H,3-9H2,1-2H3/t11-,12+/m0/s1. The summed E-state index contributed by atoms with van der Waals surface area (Å²) in [4.78, 5) is 4.40. The normalized spacial score (nSPS) is 35.0. The van der Waals surface area contributed by atoms with Gasteiger partial charge in [0.2, 0.25) is 0 Å². The fourth-order valence-corrected chi connectivity index (χ4v) is 3.10. The van der Waals surface area contributed by atoms with Crippen LogP contribution in [0.3, 0.4) is 0 Å². The molecule has 1 N–H and O–H groups in total. The van der Waals surface area contributed by atoms with Gasteiger partial charge in [-0.15, -0.1) is 0 Å². The lowest BCUT2D eigenvalue weighted by atomic mass is 9.87. The summed E-state index contributed by atoms with van der Waals surface area (Å²) in [6.07, 6.45) is -0.453. The molecule has 0 aromatic rings. The minimum absolute atomic E-state index is 0.170. The van der Waals surface area contributed by atoms with Crippen LogP contribution < -0.4 is 0 Å². The van der Waals surface area contributed by atoms with Gasteiger partial charge in [-0.05, 0) is 26.7 Å². The van der Waals surface area contributed by atoms with Gasteiger partial charge in [0.15, 0.2) is 0 Å². The molecule has 0 unspecified atom stereocenters. The molecule has 0 amide bonds. The van der Waals surface area contributed by atoms with E-state index in [1.54, 1.807) is 0 Å². The third kappa shape index (κ3) is 2.83. The van der Waals surface area contributed by atoms with Crippen molar-refractivity contribution in [3.05, 3.63) is 0 Å². The first-order valence-electron chi connectivity index (χ1n) is 6.96. The van der Waals surface area contributed by atoms with E-state index in [9.17, 15) is 13.9 Å². The maximum Gasteiger partial charge on any atom is 0.275 e. The van der Waals surface area contributed by atoms with Gasteiger partial charge in [0.05, 0.1) is 0 Å². The van der Waals surface area contributed by atoms with Crippen LogP contribution >= 0.6 is 0 Å². The van der Waals surface area contributed by atoms with Crippen LogP contribution in [0.25, 0.3) is 0 Å². The molecule has 5 heteroatoms. The molecule has 106 valence electrons. The van der Waals surface area contributed by atoms with Crippen LogP contribution in [-0.2, 0) is 0 Å². The van der Waals surface area contributed by atoms with Crippen molar-refractivity contribution in [1.82, 2.24) is 9.80 Å². The predicted octanol–water partition coefficient (Wildman–Crippen LogP) is 1.56. The molecule has 18 heavy (non-hydrogen) atoms. The van der Waals surface area contributed by atoms with Gasteiger partial charge >= 0.3 is 0 Å². The van der Waals surface area contributed by atoms with Crippen molar-refractivity contribution in [2.75, 3.05) is 26.2 Å². The van der Waals surface area contributed by atoms with Gasteiger partial charge < -0.3 is 5.11 Å². The van der Waals surface area contributed by atoms with E-state index in [4.69, 9.17) is 0 Å². The van der Waals surface area contributed by atoms with Crippen molar-refractivity contribution in [1.29, 1.82) is 0 Å². The van der Waals surface area contributed by atoms with E-state index in [1.807, 2.05) is 0 Å². The Labute approximate surface area is 108 Å². The van der Waals surface area contributed by atoms with Crippen LogP contribution in [0.2, 0.25) is 0 Å². The fraction of sp³-hybridized carbons (Fsp3) is 1.00. The van der Waals surface area contributed by atoms with Crippen molar-refractivity contribution >= 4 is 0 Å². The van der Waals surface area contributed by atoms with Crippen LogP contribution in [0.15, 0.2) is 0 Å². The number of aliphatic hydroxyl groups excluding tert-OH is 1. The smallest absolute Gasteiger partial charge is 0.275 e. The number of halogens is 2. The van der Waals surface area contributed by atoms with Crippen LogP contribution in [0, 0.1) is 0 Å². The van der Waals surface area contributed by atoms with Crippen LogP contribution in [-0.4, -0.2) is 65.2 Å². The maximum atomic E-state index is 13.5. The average molecular weight is 262 g/mol. The lowest BCUT2D eigenvalue weighted by Gasteiger charge is -2.45. The Morgan fingerprint density at radius 3 is 2.33 bits per heavy atom. The van der Waals surface area contributed by atoms with Gasteiger partial charge in [0, 0.05) is 44.7 Å². The molecule has 0 radical (unpaired) electrons. The van der Waals surface area contributed by atoms with Crippen molar-refractivity contribution in [2.45, 2.75) is 57.2 Å². The summed E-state index contributed by atoms with van der Waals surface area (Å²) in [5, 5.41) is 9.82. The summed E-state index contributed by atoms with van der Waals surface area (Å²) >= 11 is 0. The van der Waals surface area contributed by atoms with Crippen LogP contribution in [0.5, 0.6) is 0 Å². The van der Waals surface area contributed by atoms with E-state index >= 15 is 0 Å². The van der Waals surface area contributed by atoms with E-state index in [1.165, 1.54) is 0 Å². The first-order valence-corrected chi connectivity index (χ1v) is 6.96. The molecule has 1 saturated carbocycles. The zero-order valence-corrected chi connectivity index (χ0v) is 11.3. The zero-order chi connectivity index (χ0) is 13.3. The molecule has 0 aromatic heterocycles. The summed E-state index contributed by atoms with van der Waals surface area (Å²) in [5.74, 6) is -2.90. The van der Waals surface area contributed by atoms with Gasteiger partial charge in [0.1, 0.15) is 6.10 Å². The summed E-state index contributed by atoms with van der Waals surface area (Å²) < 4.78 is 27.0. The molecular formula is C13H24F2N2O. The highest BCUT2D eigenvalue weighted by molar-refractivity contribution is 4.94. The molecular weight excluding hydrogens is 238 g/mol. The van der Waals surface area contributed by atoms with Gasteiger partial charge in [-0.2, -0.15) is 0 Å². The third-order valence-electron chi connectivity index (χ3n) is 4.36.